The van der Waals surface area contributed by atoms with Crippen LogP contribution >= 0.6 is 23.2 Å². The zero-order valence-corrected chi connectivity index (χ0v) is 28.9. The quantitative estimate of drug-likeness (QED) is 0.166. The van der Waals surface area contributed by atoms with E-state index in [-0.39, 0.29) is 31.6 Å². The number of hydrogen-bond acceptors (Lipinski definition) is 5. The molecular weight excluding hydrogens is 621 g/mol. The van der Waals surface area contributed by atoms with Crippen LogP contribution in [-0.4, -0.2) is 50.7 Å². The van der Waals surface area contributed by atoms with Crippen molar-refractivity contribution in [3.05, 3.63) is 81.4 Å². The molecule has 5 nitrogen and oxygen atoms in total. The Bertz CT molecular complexity index is 1450. The number of ether oxygens (including phenoxy) is 2. The van der Waals surface area contributed by atoms with Crippen molar-refractivity contribution < 1.29 is 23.0 Å². The molecule has 2 aromatic rings. The molecule has 2 aliphatic heterocycles. The van der Waals surface area contributed by atoms with Crippen LogP contribution in [0.4, 0.5) is 8.78 Å². The van der Waals surface area contributed by atoms with E-state index < -0.39 is 55.7 Å². The van der Waals surface area contributed by atoms with Gasteiger partial charge in [-0.2, -0.15) is 0 Å². The number of benzene rings is 2. The Kier molecular flexibility index (Phi) is 9.21. The molecule has 0 bridgehead atoms. The first-order chi connectivity index (χ1) is 20.5. The summed E-state index contributed by atoms with van der Waals surface area (Å²) in [5.74, 6) is -2.82. The van der Waals surface area contributed by atoms with Gasteiger partial charge in [0.2, 0.25) is 0 Å². The lowest BCUT2D eigenvalue weighted by molar-refractivity contribution is -0.153. The van der Waals surface area contributed by atoms with Crippen molar-refractivity contribution in [3.8, 4) is 0 Å². The molecule has 44 heavy (non-hydrogen) atoms. The zero-order valence-electron chi connectivity index (χ0n) is 26.4. The minimum Gasteiger partial charge on any atom is -0.443 e. The first kappa shape index (κ1) is 33.5. The zero-order chi connectivity index (χ0) is 32.2. The number of allylic oxidation sites excluding steroid dienone is 2. The molecule has 0 saturated carbocycles. The summed E-state index contributed by atoms with van der Waals surface area (Å²) in [5, 5.41) is 0.193. The Labute approximate surface area is 271 Å². The van der Waals surface area contributed by atoms with Crippen LogP contribution in [0.5, 0.6) is 0 Å². The molecule has 2 N–H and O–H groups in total. The second-order valence-electron chi connectivity index (χ2n) is 14.2. The molecule has 2 aromatic carbocycles. The fourth-order valence-corrected chi connectivity index (χ4v) is 8.14. The van der Waals surface area contributed by atoms with Crippen LogP contribution in [0.15, 0.2) is 48.6 Å². The standard InChI is InChI=1S/C34H43Cl2F2N2O3Si/c1-31(2,44(5)6)19-42-20-33(15-8-7-9-16-33)18-26-34(39,23-14-13-21(35)17-25(23)37)27(22-11-10-12-24(36)28(22)38)29-30(41)43-32(3,4)40(26)29/h7-8,10-14,17,26-27,29H,9,15-16,18-20,39H2,1-6H3/q+1/t26-,27-,29+,33?,34+/m0/s1. The van der Waals surface area contributed by atoms with E-state index in [0.29, 0.717) is 19.6 Å². The molecule has 3 aliphatic rings. The van der Waals surface area contributed by atoms with Crippen LogP contribution < -0.4 is 5.73 Å². The summed E-state index contributed by atoms with van der Waals surface area (Å²) in [4.78, 5) is 15.7. The van der Waals surface area contributed by atoms with E-state index in [9.17, 15) is 4.79 Å². The number of fused-ring (bicyclic) bond motifs is 1. The van der Waals surface area contributed by atoms with Gasteiger partial charge < -0.3 is 15.2 Å². The second kappa shape index (κ2) is 12.1. The summed E-state index contributed by atoms with van der Waals surface area (Å²) < 4.78 is 44.5. The average Bonchev–Trinajstić information content (AvgIpc) is 3.33. The Morgan fingerprint density at radius 1 is 1.16 bits per heavy atom. The minimum absolute atomic E-state index is 0.0747. The second-order valence-corrected chi connectivity index (χ2v) is 18.4. The first-order valence-corrected chi connectivity index (χ1v) is 18.5. The predicted octanol–water partition coefficient (Wildman–Crippen LogP) is 8.22. The maximum absolute atomic E-state index is 16.1. The third kappa shape index (κ3) is 5.80. The molecule has 238 valence electrons. The lowest BCUT2D eigenvalue weighted by Gasteiger charge is -2.47. The molecular formula is C34H43Cl2F2N2O3Si+. The van der Waals surface area contributed by atoms with Gasteiger partial charge in [0.25, 0.3) is 0 Å². The number of carbonyl (C=O) groups is 1. The number of nitrogens with two attached hydrogens (primary N) is 1. The highest BCUT2D eigenvalue weighted by Gasteiger charge is 2.69. The summed E-state index contributed by atoms with van der Waals surface area (Å²) in [6.45, 7) is 13.8. The third-order valence-corrected chi connectivity index (χ3v) is 13.7. The number of halogens is 4. The summed E-state index contributed by atoms with van der Waals surface area (Å²) in [6.07, 6.45) is 7.25. The number of carbonyl (C=O) groups excluding carboxylic acids is 1. The maximum atomic E-state index is 16.1. The lowest BCUT2D eigenvalue weighted by atomic mass is 9.65. The van der Waals surface area contributed by atoms with Crippen LogP contribution in [0, 0.1) is 17.0 Å². The largest absolute Gasteiger partial charge is 0.443 e. The van der Waals surface area contributed by atoms with Gasteiger partial charge in [0.05, 0.1) is 36.9 Å². The molecule has 5 rings (SSSR count). The van der Waals surface area contributed by atoms with Gasteiger partial charge in [0, 0.05) is 22.5 Å². The first-order valence-electron chi connectivity index (χ1n) is 15.3. The summed E-state index contributed by atoms with van der Waals surface area (Å²) in [6, 6.07) is 7.44. The van der Waals surface area contributed by atoms with E-state index in [4.69, 9.17) is 38.4 Å². The monoisotopic (exact) mass is 663 g/mol. The maximum Gasteiger partial charge on any atom is 0.325 e. The molecule has 2 saturated heterocycles. The highest BCUT2D eigenvalue weighted by Crippen LogP contribution is 2.59. The minimum atomic E-state index is -1.56. The molecule has 0 spiro atoms. The summed E-state index contributed by atoms with van der Waals surface area (Å²) in [5.41, 5.74) is 4.88. The van der Waals surface area contributed by atoms with E-state index in [2.05, 4.69) is 39.1 Å². The highest BCUT2D eigenvalue weighted by atomic mass is 35.5. The Morgan fingerprint density at radius 3 is 2.52 bits per heavy atom. The Balaban J connectivity index is 1.68. The van der Waals surface area contributed by atoms with Crippen LogP contribution in [-0.2, 0) is 19.8 Å². The van der Waals surface area contributed by atoms with Gasteiger partial charge in [-0.05, 0) is 82.6 Å². The van der Waals surface area contributed by atoms with Crippen molar-refractivity contribution in [3.63, 3.8) is 0 Å². The number of nitrogens with zero attached hydrogens (tertiary/aromatic N) is 1. The van der Waals surface area contributed by atoms with Gasteiger partial charge in [-0.25, -0.2) is 13.7 Å². The Morgan fingerprint density at radius 2 is 1.89 bits per heavy atom. The molecule has 0 amide bonds. The summed E-state index contributed by atoms with van der Waals surface area (Å²) in [7, 11) is -0.615. The summed E-state index contributed by atoms with van der Waals surface area (Å²) >= 11 is 12.5. The van der Waals surface area contributed by atoms with Gasteiger partial charge in [0.1, 0.15) is 22.7 Å². The number of hydrogen-bond donors (Lipinski definition) is 1. The van der Waals surface area contributed by atoms with E-state index in [0.717, 1.165) is 19.3 Å². The van der Waals surface area contributed by atoms with Crippen molar-refractivity contribution in [2.75, 3.05) is 13.2 Å². The fraction of sp³-hybridized carbons (Fsp3) is 0.559. The predicted molar refractivity (Wildman–Crippen MR) is 173 cm³/mol. The van der Waals surface area contributed by atoms with E-state index >= 15 is 8.78 Å². The highest BCUT2D eigenvalue weighted by molar-refractivity contribution is 6.59. The van der Waals surface area contributed by atoms with Gasteiger partial charge in [-0.1, -0.05) is 53.6 Å². The number of cyclic esters (lactones) is 1. The molecule has 1 unspecified atom stereocenters. The van der Waals surface area contributed by atoms with Gasteiger partial charge in [-0.3, -0.25) is 4.79 Å². The molecule has 1 aliphatic carbocycles. The van der Waals surface area contributed by atoms with Crippen molar-refractivity contribution in [1.82, 2.24) is 4.90 Å². The van der Waals surface area contributed by atoms with Crippen LogP contribution in [0.1, 0.15) is 70.4 Å². The van der Waals surface area contributed by atoms with Crippen LogP contribution in [0.2, 0.25) is 28.2 Å². The van der Waals surface area contributed by atoms with E-state index in [1.165, 1.54) is 12.1 Å². The molecule has 2 heterocycles. The smallest absolute Gasteiger partial charge is 0.325 e. The van der Waals surface area contributed by atoms with Crippen LogP contribution in [0.25, 0.3) is 0 Å². The lowest BCUT2D eigenvalue weighted by Crippen LogP contribution is -2.58. The van der Waals surface area contributed by atoms with Crippen molar-refractivity contribution in [1.29, 1.82) is 0 Å². The molecule has 10 heteroatoms. The van der Waals surface area contributed by atoms with Crippen molar-refractivity contribution >= 4 is 38.0 Å². The molecule has 0 aromatic heterocycles. The normalized spacial score (nSPS) is 30.0. The van der Waals surface area contributed by atoms with Gasteiger partial charge in [0.15, 0.2) is 5.72 Å². The van der Waals surface area contributed by atoms with Crippen LogP contribution in [0.3, 0.4) is 0 Å². The fourth-order valence-electron chi connectivity index (χ4n) is 7.41. The third-order valence-electron chi connectivity index (χ3n) is 10.4. The van der Waals surface area contributed by atoms with Gasteiger partial charge >= 0.3 is 14.8 Å². The van der Waals surface area contributed by atoms with E-state index in [1.807, 2.05) is 18.7 Å². The number of rotatable bonds is 9. The Hall–Kier alpha value is -1.81. The van der Waals surface area contributed by atoms with E-state index in [1.54, 1.807) is 24.3 Å². The van der Waals surface area contributed by atoms with Crippen molar-refractivity contribution in [2.45, 2.75) is 101 Å². The van der Waals surface area contributed by atoms with Gasteiger partial charge in [-0.15, -0.1) is 0 Å². The molecule has 0 radical (unpaired) electrons. The number of esters is 1. The van der Waals surface area contributed by atoms with Crippen molar-refractivity contribution in [2.24, 2.45) is 11.1 Å². The topological polar surface area (TPSA) is 64.8 Å². The SMILES string of the molecule is C[Si+](C)C(C)(C)COCC1(C[C@@H]2N3[C@@H](C(=O)OC3(C)C)[C@H](c3cccc(Cl)c3F)[C@@]2(N)c2ccc(Cl)cc2F)CC=CCC1. The molecule has 5 atom stereocenters. The average molecular weight is 665 g/mol. The molecule has 2 fully saturated rings.